The minimum absolute atomic E-state index is 0.243. The van der Waals surface area contributed by atoms with E-state index in [-0.39, 0.29) is 19.3 Å². The van der Waals surface area contributed by atoms with Crippen molar-refractivity contribution in [1.29, 1.82) is 0 Å². The third-order valence-electron chi connectivity index (χ3n) is 1.35. The van der Waals surface area contributed by atoms with E-state index in [9.17, 15) is 0 Å². The molecule has 0 bridgehead atoms. The van der Waals surface area contributed by atoms with Gasteiger partial charge in [0, 0.05) is 32.3 Å². The fraction of sp³-hybridized carbons (Fsp3) is 1.00. The standard InChI is InChI=1S/C5H12N2O.C2H6O/c8-4-5-3-6-1-2-7-5;1-2-3/h5-8H,1-4H2;3H,2H2,1H3. The summed E-state index contributed by atoms with van der Waals surface area (Å²) >= 11 is 0. The summed E-state index contributed by atoms with van der Waals surface area (Å²) in [7, 11) is 0. The van der Waals surface area contributed by atoms with E-state index in [1.165, 1.54) is 0 Å². The van der Waals surface area contributed by atoms with Gasteiger partial charge in [-0.05, 0) is 6.92 Å². The largest absolute Gasteiger partial charge is 0.397 e. The van der Waals surface area contributed by atoms with Gasteiger partial charge in [0.2, 0.25) is 0 Å². The van der Waals surface area contributed by atoms with Crippen LogP contribution < -0.4 is 10.6 Å². The van der Waals surface area contributed by atoms with Crippen molar-refractivity contribution in [3.63, 3.8) is 0 Å². The fourth-order valence-electron chi connectivity index (χ4n) is 0.842. The number of piperazine rings is 1. The summed E-state index contributed by atoms with van der Waals surface area (Å²) in [4.78, 5) is 0. The molecule has 1 aliphatic heterocycles. The molecule has 0 aromatic heterocycles. The summed E-state index contributed by atoms with van der Waals surface area (Å²) in [5, 5.41) is 22.5. The molecule has 1 aliphatic rings. The Labute approximate surface area is 67.6 Å². The van der Waals surface area contributed by atoms with Gasteiger partial charge in [0.15, 0.2) is 0 Å². The SMILES string of the molecule is CCO.OCC1CNCCN1. The number of aliphatic hydroxyl groups is 2. The zero-order valence-electron chi connectivity index (χ0n) is 7.01. The van der Waals surface area contributed by atoms with Crippen molar-refractivity contribution >= 4 is 0 Å². The Morgan fingerprint density at radius 1 is 1.36 bits per heavy atom. The Bertz CT molecular complexity index is 74.8. The van der Waals surface area contributed by atoms with E-state index >= 15 is 0 Å². The van der Waals surface area contributed by atoms with E-state index in [2.05, 4.69) is 10.6 Å². The van der Waals surface area contributed by atoms with E-state index in [0.717, 1.165) is 19.6 Å². The van der Waals surface area contributed by atoms with Crippen molar-refractivity contribution in [2.45, 2.75) is 13.0 Å². The fourth-order valence-corrected chi connectivity index (χ4v) is 0.842. The van der Waals surface area contributed by atoms with Gasteiger partial charge < -0.3 is 20.8 Å². The lowest BCUT2D eigenvalue weighted by atomic mass is 10.2. The van der Waals surface area contributed by atoms with Crippen LogP contribution in [0.25, 0.3) is 0 Å². The summed E-state index contributed by atoms with van der Waals surface area (Å²) in [6, 6.07) is 0.281. The maximum atomic E-state index is 8.59. The molecule has 4 nitrogen and oxygen atoms in total. The van der Waals surface area contributed by atoms with Crippen molar-refractivity contribution in [3.8, 4) is 0 Å². The molecule has 0 aromatic carbocycles. The first kappa shape index (κ1) is 10.8. The van der Waals surface area contributed by atoms with Crippen LogP contribution in [0.5, 0.6) is 0 Å². The highest BCUT2D eigenvalue weighted by Gasteiger charge is 2.08. The topological polar surface area (TPSA) is 64.5 Å². The normalized spacial score (nSPS) is 23.7. The molecule has 1 rings (SSSR count). The van der Waals surface area contributed by atoms with Crippen molar-refractivity contribution in [3.05, 3.63) is 0 Å². The maximum absolute atomic E-state index is 8.59. The van der Waals surface area contributed by atoms with Crippen molar-refractivity contribution in [2.24, 2.45) is 0 Å². The average Bonchev–Trinajstić information content (AvgIpc) is 2.08. The van der Waals surface area contributed by atoms with Gasteiger partial charge in [-0.25, -0.2) is 0 Å². The Balaban J connectivity index is 0.000000292. The first-order valence-corrected chi connectivity index (χ1v) is 4.01. The van der Waals surface area contributed by atoms with Crippen LogP contribution in [0.4, 0.5) is 0 Å². The third kappa shape index (κ3) is 6.25. The lowest BCUT2D eigenvalue weighted by molar-refractivity contribution is 0.227. The molecule has 4 N–H and O–H groups in total. The summed E-state index contributed by atoms with van der Waals surface area (Å²) in [6.07, 6.45) is 0. The molecule has 1 fully saturated rings. The van der Waals surface area contributed by atoms with Crippen molar-refractivity contribution in [2.75, 3.05) is 32.8 Å². The molecular formula is C7H18N2O2. The van der Waals surface area contributed by atoms with Crippen LogP contribution in [-0.4, -0.2) is 49.1 Å². The molecule has 11 heavy (non-hydrogen) atoms. The third-order valence-corrected chi connectivity index (χ3v) is 1.35. The molecule has 0 radical (unpaired) electrons. The quantitative estimate of drug-likeness (QED) is 0.380. The van der Waals surface area contributed by atoms with Gasteiger partial charge in [-0.3, -0.25) is 0 Å². The van der Waals surface area contributed by atoms with Crippen molar-refractivity contribution in [1.82, 2.24) is 10.6 Å². The molecule has 1 heterocycles. The molecular weight excluding hydrogens is 144 g/mol. The second-order valence-electron chi connectivity index (χ2n) is 2.35. The number of nitrogens with one attached hydrogen (secondary N) is 2. The van der Waals surface area contributed by atoms with Crippen molar-refractivity contribution < 1.29 is 10.2 Å². The first-order chi connectivity index (χ1) is 5.35. The summed E-state index contributed by atoms with van der Waals surface area (Å²) in [5.41, 5.74) is 0. The molecule has 0 amide bonds. The second-order valence-corrected chi connectivity index (χ2v) is 2.35. The molecule has 0 spiro atoms. The number of rotatable bonds is 1. The summed E-state index contributed by atoms with van der Waals surface area (Å²) in [6.45, 7) is 5.07. The van der Waals surface area contributed by atoms with Crippen LogP contribution >= 0.6 is 0 Å². The van der Waals surface area contributed by atoms with Gasteiger partial charge in [0.1, 0.15) is 0 Å². The number of aliphatic hydroxyl groups excluding tert-OH is 2. The Morgan fingerprint density at radius 2 is 2.00 bits per heavy atom. The monoisotopic (exact) mass is 162 g/mol. The Hall–Kier alpha value is -0.160. The highest BCUT2D eigenvalue weighted by atomic mass is 16.3. The van der Waals surface area contributed by atoms with Crippen LogP contribution in [0.15, 0.2) is 0 Å². The lowest BCUT2D eigenvalue weighted by Gasteiger charge is -2.21. The van der Waals surface area contributed by atoms with E-state index in [1.807, 2.05) is 0 Å². The van der Waals surface area contributed by atoms with E-state index in [1.54, 1.807) is 6.92 Å². The van der Waals surface area contributed by atoms with Gasteiger partial charge in [-0.2, -0.15) is 0 Å². The predicted molar refractivity (Wildman–Crippen MR) is 44.5 cm³/mol. The Kier molecular flexibility index (Phi) is 7.83. The highest BCUT2D eigenvalue weighted by Crippen LogP contribution is 1.82. The average molecular weight is 162 g/mol. The molecule has 0 aromatic rings. The van der Waals surface area contributed by atoms with E-state index in [0.29, 0.717) is 0 Å². The summed E-state index contributed by atoms with van der Waals surface area (Å²) in [5.74, 6) is 0. The smallest absolute Gasteiger partial charge is 0.0597 e. The molecule has 1 saturated heterocycles. The molecule has 4 heteroatoms. The predicted octanol–water partition coefficient (Wildman–Crippen LogP) is -1.46. The van der Waals surface area contributed by atoms with Crippen LogP contribution in [0, 0.1) is 0 Å². The minimum atomic E-state index is 0.243. The van der Waals surface area contributed by atoms with Crippen LogP contribution in [0.2, 0.25) is 0 Å². The maximum Gasteiger partial charge on any atom is 0.0597 e. The highest BCUT2D eigenvalue weighted by molar-refractivity contribution is 4.73. The zero-order valence-corrected chi connectivity index (χ0v) is 7.01. The molecule has 0 saturated carbocycles. The van der Waals surface area contributed by atoms with Gasteiger partial charge in [0.25, 0.3) is 0 Å². The Morgan fingerprint density at radius 3 is 2.27 bits per heavy atom. The van der Waals surface area contributed by atoms with Crippen LogP contribution in [0.3, 0.4) is 0 Å². The molecule has 68 valence electrons. The molecule has 1 unspecified atom stereocenters. The van der Waals surface area contributed by atoms with Crippen LogP contribution in [0.1, 0.15) is 6.92 Å². The summed E-state index contributed by atoms with van der Waals surface area (Å²) < 4.78 is 0. The van der Waals surface area contributed by atoms with Gasteiger partial charge in [-0.1, -0.05) is 0 Å². The van der Waals surface area contributed by atoms with E-state index < -0.39 is 0 Å². The minimum Gasteiger partial charge on any atom is -0.397 e. The van der Waals surface area contributed by atoms with E-state index in [4.69, 9.17) is 10.2 Å². The number of hydrogen-bond acceptors (Lipinski definition) is 4. The molecule has 0 aliphatic carbocycles. The van der Waals surface area contributed by atoms with Crippen LogP contribution in [-0.2, 0) is 0 Å². The van der Waals surface area contributed by atoms with Gasteiger partial charge >= 0.3 is 0 Å². The second kappa shape index (κ2) is 7.94. The first-order valence-electron chi connectivity index (χ1n) is 4.01. The molecule has 1 atom stereocenters. The van der Waals surface area contributed by atoms with Gasteiger partial charge in [-0.15, -0.1) is 0 Å². The lowest BCUT2D eigenvalue weighted by Crippen LogP contribution is -2.49. The van der Waals surface area contributed by atoms with Gasteiger partial charge in [0.05, 0.1) is 6.61 Å². The zero-order chi connectivity index (χ0) is 8.53. The number of hydrogen-bond donors (Lipinski definition) is 4.